The van der Waals surface area contributed by atoms with E-state index in [1.807, 2.05) is 31.6 Å². The van der Waals surface area contributed by atoms with Crippen molar-refractivity contribution in [1.29, 1.82) is 0 Å². The number of hydrogen-bond acceptors (Lipinski definition) is 5. The Labute approximate surface area is 160 Å². The molecule has 1 atom stereocenters. The number of carbonyl (C=O) groups is 1. The number of fused-ring (bicyclic) bond motifs is 1. The van der Waals surface area contributed by atoms with Crippen molar-refractivity contribution in [2.45, 2.75) is 39.0 Å². The predicted octanol–water partition coefficient (Wildman–Crippen LogP) is 3.09. The average Bonchev–Trinajstić information content (AvgIpc) is 3.17. The van der Waals surface area contributed by atoms with Crippen LogP contribution in [0.4, 0.5) is 13.2 Å². The van der Waals surface area contributed by atoms with Gasteiger partial charge in [-0.05, 0) is 26.0 Å². The molecule has 0 fully saturated rings. The van der Waals surface area contributed by atoms with Crippen molar-refractivity contribution in [1.82, 2.24) is 14.7 Å². The third kappa shape index (κ3) is 6.10. The van der Waals surface area contributed by atoms with Gasteiger partial charge in [-0.25, -0.2) is 4.79 Å². The van der Waals surface area contributed by atoms with Crippen molar-refractivity contribution in [2.24, 2.45) is 7.05 Å². The third-order valence-corrected chi connectivity index (χ3v) is 4.17. The van der Waals surface area contributed by atoms with Gasteiger partial charge in [-0.1, -0.05) is 0 Å². The molecule has 0 bridgehead atoms. The molecule has 156 valence electrons. The normalized spacial score (nSPS) is 17.0. The Morgan fingerprint density at radius 1 is 1.43 bits per heavy atom. The summed E-state index contributed by atoms with van der Waals surface area (Å²) in [5.74, 6) is -0.389. The fourth-order valence-corrected chi connectivity index (χ4v) is 3.02. The van der Waals surface area contributed by atoms with Gasteiger partial charge in [0.1, 0.15) is 11.5 Å². The summed E-state index contributed by atoms with van der Waals surface area (Å²) in [6.45, 7) is 8.21. The number of aliphatic carboxylic acids is 1. The Kier molecular flexibility index (Phi) is 7.25. The smallest absolute Gasteiger partial charge is 0.475 e. The van der Waals surface area contributed by atoms with Gasteiger partial charge < -0.3 is 14.3 Å². The molecule has 2 aromatic rings. The maximum Gasteiger partial charge on any atom is 0.490 e. The quantitative estimate of drug-likeness (QED) is 0.826. The van der Waals surface area contributed by atoms with Crippen molar-refractivity contribution >= 4 is 5.97 Å². The summed E-state index contributed by atoms with van der Waals surface area (Å²) in [6.07, 6.45) is -2.95. The lowest BCUT2D eigenvalue weighted by atomic mass is 9.95. The molecule has 1 unspecified atom stereocenters. The van der Waals surface area contributed by atoms with Crippen molar-refractivity contribution in [3.05, 3.63) is 41.1 Å². The molecule has 10 heteroatoms. The van der Waals surface area contributed by atoms with Gasteiger partial charge in [-0.15, -0.1) is 0 Å². The fraction of sp³-hybridized carbons (Fsp3) is 0.556. The highest BCUT2D eigenvalue weighted by atomic mass is 19.4. The number of hydrogen-bond donors (Lipinski definition) is 1. The van der Waals surface area contributed by atoms with Crippen LogP contribution in [0.25, 0.3) is 0 Å². The molecule has 0 spiro atoms. The number of carboxylic acid groups (broad SMARTS) is 1. The second-order valence-corrected chi connectivity index (χ2v) is 6.55. The topological polar surface area (TPSA) is 80.7 Å². The summed E-state index contributed by atoms with van der Waals surface area (Å²) < 4.78 is 45.0. The average molecular weight is 403 g/mol. The molecule has 0 aromatic carbocycles. The van der Waals surface area contributed by atoms with E-state index in [4.69, 9.17) is 19.1 Å². The lowest BCUT2D eigenvalue weighted by Gasteiger charge is -2.31. The summed E-state index contributed by atoms with van der Waals surface area (Å²) in [4.78, 5) is 11.3. The molecule has 0 saturated heterocycles. The van der Waals surface area contributed by atoms with E-state index in [9.17, 15) is 13.2 Å². The van der Waals surface area contributed by atoms with Crippen LogP contribution in [0.1, 0.15) is 35.6 Å². The molecular formula is C18H24F3N3O4. The highest BCUT2D eigenvalue weighted by Crippen LogP contribution is 2.29. The van der Waals surface area contributed by atoms with E-state index in [2.05, 4.69) is 22.3 Å². The first-order chi connectivity index (χ1) is 13.1. The summed E-state index contributed by atoms with van der Waals surface area (Å²) in [5.41, 5.74) is 2.49. The summed E-state index contributed by atoms with van der Waals surface area (Å²) in [6, 6.07) is 4.07. The molecule has 1 aliphatic heterocycles. The summed E-state index contributed by atoms with van der Waals surface area (Å²) in [7, 11) is 1.98. The largest absolute Gasteiger partial charge is 0.490 e. The summed E-state index contributed by atoms with van der Waals surface area (Å²) in [5, 5.41) is 11.7. The number of ether oxygens (including phenoxy) is 1. The standard InChI is InChI=1S/C16H23N3O2.C2HF3O2/c1-4-20-11-13-7-19(8-14-6-5-12(2)21-14)10-16-15(13)9-18(3)17-16;3-2(4,5)1(6)7/h5-6,9,13H,4,7-8,10-11H2,1-3H3;(H,6,7). The molecule has 0 aliphatic carbocycles. The Bertz CT molecular complexity index is 785. The monoisotopic (exact) mass is 403 g/mol. The van der Waals surface area contributed by atoms with Crippen molar-refractivity contribution in [3.63, 3.8) is 0 Å². The molecule has 28 heavy (non-hydrogen) atoms. The van der Waals surface area contributed by atoms with E-state index in [0.717, 1.165) is 50.1 Å². The molecular weight excluding hydrogens is 379 g/mol. The first-order valence-corrected chi connectivity index (χ1v) is 8.78. The minimum atomic E-state index is -5.08. The van der Waals surface area contributed by atoms with Gasteiger partial charge >= 0.3 is 12.1 Å². The third-order valence-electron chi connectivity index (χ3n) is 4.17. The molecule has 3 rings (SSSR count). The molecule has 1 aliphatic rings. The van der Waals surface area contributed by atoms with Crippen molar-refractivity contribution < 1.29 is 32.2 Å². The van der Waals surface area contributed by atoms with Crippen LogP contribution in [0, 0.1) is 6.92 Å². The number of carboxylic acids is 1. The van der Waals surface area contributed by atoms with Crippen LogP contribution in [0.5, 0.6) is 0 Å². The lowest BCUT2D eigenvalue weighted by molar-refractivity contribution is -0.192. The van der Waals surface area contributed by atoms with Crippen LogP contribution in [0.3, 0.4) is 0 Å². The highest BCUT2D eigenvalue weighted by molar-refractivity contribution is 5.73. The number of aromatic nitrogens is 2. The van der Waals surface area contributed by atoms with Crippen LogP contribution >= 0.6 is 0 Å². The number of rotatable bonds is 5. The van der Waals surface area contributed by atoms with Gasteiger partial charge in [0, 0.05) is 44.4 Å². The van der Waals surface area contributed by atoms with Crippen LogP contribution < -0.4 is 0 Å². The number of halogens is 3. The molecule has 0 amide bonds. The Morgan fingerprint density at radius 2 is 2.11 bits per heavy atom. The zero-order valence-corrected chi connectivity index (χ0v) is 16.0. The van der Waals surface area contributed by atoms with Crippen molar-refractivity contribution in [3.8, 4) is 0 Å². The van der Waals surface area contributed by atoms with Crippen LogP contribution in [0.15, 0.2) is 22.7 Å². The Hall–Kier alpha value is -2.33. The highest BCUT2D eigenvalue weighted by Gasteiger charge is 2.38. The zero-order chi connectivity index (χ0) is 20.9. The van der Waals surface area contributed by atoms with Crippen LogP contribution in [-0.4, -0.2) is 51.7 Å². The Morgan fingerprint density at radius 3 is 2.64 bits per heavy atom. The van der Waals surface area contributed by atoms with Gasteiger partial charge in [-0.3, -0.25) is 9.58 Å². The van der Waals surface area contributed by atoms with Crippen LogP contribution in [-0.2, 0) is 29.7 Å². The van der Waals surface area contributed by atoms with Gasteiger partial charge in [0.2, 0.25) is 0 Å². The number of nitrogens with zero attached hydrogens (tertiary/aromatic N) is 3. The number of aryl methyl sites for hydroxylation is 2. The van der Waals surface area contributed by atoms with E-state index < -0.39 is 12.1 Å². The second kappa shape index (κ2) is 9.24. The Balaban J connectivity index is 0.000000345. The van der Waals surface area contributed by atoms with E-state index in [1.165, 1.54) is 5.56 Å². The van der Waals surface area contributed by atoms with Crippen molar-refractivity contribution in [2.75, 3.05) is 19.8 Å². The van der Waals surface area contributed by atoms with Gasteiger partial charge in [0.25, 0.3) is 0 Å². The zero-order valence-electron chi connectivity index (χ0n) is 16.0. The minimum Gasteiger partial charge on any atom is -0.475 e. The van der Waals surface area contributed by atoms with E-state index >= 15 is 0 Å². The molecule has 1 N–H and O–H groups in total. The second-order valence-electron chi connectivity index (χ2n) is 6.55. The maximum absolute atomic E-state index is 10.6. The van der Waals surface area contributed by atoms with E-state index in [-0.39, 0.29) is 0 Å². The molecule has 2 aromatic heterocycles. The fourth-order valence-electron chi connectivity index (χ4n) is 3.02. The maximum atomic E-state index is 10.6. The molecule has 0 saturated carbocycles. The SMILES string of the molecule is CCOCC1CN(Cc2ccc(C)o2)Cc2nn(C)cc21.O=C(O)C(F)(F)F. The first-order valence-electron chi connectivity index (χ1n) is 8.78. The van der Waals surface area contributed by atoms with E-state index in [1.54, 1.807) is 0 Å². The minimum absolute atomic E-state index is 0.387. The lowest BCUT2D eigenvalue weighted by Crippen LogP contribution is -2.34. The van der Waals surface area contributed by atoms with Gasteiger partial charge in [-0.2, -0.15) is 18.3 Å². The predicted molar refractivity (Wildman–Crippen MR) is 93.7 cm³/mol. The van der Waals surface area contributed by atoms with Gasteiger partial charge in [0.15, 0.2) is 0 Å². The molecule has 0 radical (unpaired) electrons. The van der Waals surface area contributed by atoms with Crippen LogP contribution in [0.2, 0.25) is 0 Å². The summed E-state index contributed by atoms with van der Waals surface area (Å²) >= 11 is 0. The van der Waals surface area contributed by atoms with E-state index in [0.29, 0.717) is 5.92 Å². The first kappa shape index (κ1) is 22.0. The number of alkyl halides is 3. The molecule has 7 nitrogen and oxygen atoms in total. The number of furan rings is 1. The van der Waals surface area contributed by atoms with Gasteiger partial charge in [0.05, 0.1) is 18.8 Å². The molecule has 3 heterocycles.